The van der Waals surface area contributed by atoms with Gasteiger partial charge in [-0.05, 0) is 30.0 Å². The van der Waals surface area contributed by atoms with E-state index in [9.17, 15) is 23.1 Å². The number of nitrogens with zero attached hydrogens (tertiary/aromatic N) is 2. The van der Waals surface area contributed by atoms with E-state index in [0.29, 0.717) is 19.7 Å². The molecule has 2 aliphatic rings. The van der Waals surface area contributed by atoms with E-state index in [1.165, 1.54) is 5.06 Å². The van der Waals surface area contributed by atoms with Crippen molar-refractivity contribution < 1.29 is 32.7 Å². The lowest BCUT2D eigenvalue weighted by Gasteiger charge is -2.29. The molecule has 1 aromatic rings. The van der Waals surface area contributed by atoms with E-state index in [0.717, 1.165) is 42.4 Å². The number of carboxylic acid groups (broad SMARTS) is 1. The van der Waals surface area contributed by atoms with Gasteiger partial charge in [-0.2, -0.15) is 0 Å². The summed E-state index contributed by atoms with van der Waals surface area (Å²) in [5.74, 6) is -1.66. The third-order valence-corrected chi connectivity index (χ3v) is 7.27. The number of carbonyl (C=O) groups is 2. The number of nitrogens with one attached hydrogen (secondary N) is 1. The van der Waals surface area contributed by atoms with Crippen LogP contribution in [0.2, 0.25) is 0 Å². The summed E-state index contributed by atoms with van der Waals surface area (Å²) in [6.07, 6.45) is 3.68. The van der Waals surface area contributed by atoms with Crippen molar-refractivity contribution in [2.75, 3.05) is 45.8 Å². The highest BCUT2D eigenvalue weighted by molar-refractivity contribution is 7.88. The molecule has 12 heteroatoms. The second-order valence-electron chi connectivity index (χ2n) is 9.03. The Morgan fingerprint density at radius 3 is 2.80 bits per heavy atom. The molecular formula is C23H36N4O7S. The predicted octanol–water partition coefficient (Wildman–Crippen LogP) is 0.506. The third-order valence-electron chi connectivity index (χ3n) is 6.54. The standard InChI is InChI=1S/C23H36N4O7S/c1-3-4-10-27(34-15-24)21(28)14-26-13-18(16-5-6-20-17(12-16)8-11-33-20)22(23(29)30)19(26)7-9-25-35(2,31)32/h5-6,12,18-19,22,25H,3-4,7-11,13-15,24H2,1-2H3,(H,29,30)/t18-,19+,22-/m1/s1. The zero-order valence-electron chi connectivity index (χ0n) is 20.3. The van der Waals surface area contributed by atoms with Crippen LogP contribution >= 0.6 is 0 Å². The third kappa shape index (κ3) is 7.14. The Kier molecular flexibility index (Phi) is 9.47. The van der Waals surface area contributed by atoms with Crippen LogP contribution in [-0.2, 0) is 30.9 Å². The van der Waals surface area contributed by atoms with Gasteiger partial charge in [0.15, 0.2) is 0 Å². The second-order valence-corrected chi connectivity index (χ2v) is 10.9. The van der Waals surface area contributed by atoms with Gasteiger partial charge in [-0.15, -0.1) is 0 Å². The SMILES string of the molecule is CCCCN(OCN)C(=O)CN1C[C@H](c2ccc3c(c2)CCO3)[C@@H](C(=O)O)[C@@H]1CCNS(C)(=O)=O. The first-order chi connectivity index (χ1) is 16.6. The maximum atomic E-state index is 13.1. The van der Waals surface area contributed by atoms with Gasteiger partial charge in [0, 0.05) is 38.0 Å². The molecule has 35 heavy (non-hydrogen) atoms. The summed E-state index contributed by atoms with van der Waals surface area (Å²) in [6, 6.07) is 5.19. The molecule has 0 bridgehead atoms. The second kappa shape index (κ2) is 12.1. The highest BCUT2D eigenvalue weighted by Crippen LogP contribution is 2.41. The van der Waals surface area contributed by atoms with Gasteiger partial charge in [-0.1, -0.05) is 25.5 Å². The number of ether oxygens (including phenoxy) is 1. The van der Waals surface area contributed by atoms with Crippen LogP contribution < -0.4 is 15.2 Å². The molecule has 1 fully saturated rings. The zero-order valence-corrected chi connectivity index (χ0v) is 21.1. The first kappa shape index (κ1) is 27.3. The molecule has 0 unspecified atom stereocenters. The summed E-state index contributed by atoms with van der Waals surface area (Å²) in [6.45, 7) is 3.20. The first-order valence-corrected chi connectivity index (χ1v) is 13.8. The van der Waals surface area contributed by atoms with Crippen LogP contribution in [0.4, 0.5) is 0 Å². The highest BCUT2D eigenvalue weighted by atomic mass is 32.2. The summed E-state index contributed by atoms with van der Waals surface area (Å²) < 4.78 is 31.2. The lowest BCUT2D eigenvalue weighted by atomic mass is 9.83. The minimum absolute atomic E-state index is 0.0540. The van der Waals surface area contributed by atoms with E-state index in [1.54, 1.807) is 0 Å². The number of hydrogen-bond acceptors (Lipinski definition) is 8. The molecule has 1 amide bonds. The molecule has 1 saturated heterocycles. The molecule has 0 saturated carbocycles. The van der Waals surface area contributed by atoms with Crippen molar-refractivity contribution in [1.29, 1.82) is 0 Å². The number of amides is 1. The summed E-state index contributed by atoms with van der Waals surface area (Å²) in [5, 5.41) is 11.4. The molecule has 0 radical (unpaired) electrons. The van der Waals surface area contributed by atoms with Crippen LogP contribution in [-0.4, -0.2) is 87.2 Å². The Morgan fingerprint density at radius 2 is 2.14 bits per heavy atom. The Hall–Kier alpha value is -2.25. The summed E-state index contributed by atoms with van der Waals surface area (Å²) >= 11 is 0. The van der Waals surface area contributed by atoms with Crippen LogP contribution in [0.3, 0.4) is 0 Å². The van der Waals surface area contributed by atoms with Crippen molar-refractivity contribution in [3.8, 4) is 5.75 Å². The van der Waals surface area contributed by atoms with Gasteiger partial charge in [-0.3, -0.25) is 19.3 Å². The Bertz CT molecular complexity index is 1000. The van der Waals surface area contributed by atoms with Crippen LogP contribution in [0, 0.1) is 5.92 Å². The highest BCUT2D eigenvalue weighted by Gasteiger charge is 2.47. The Morgan fingerprint density at radius 1 is 1.37 bits per heavy atom. The molecule has 1 aromatic carbocycles. The number of likely N-dealkylation sites (tertiary alicyclic amines) is 1. The van der Waals surface area contributed by atoms with E-state index >= 15 is 0 Å². The average molecular weight is 513 g/mol. The maximum Gasteiger partial charge on any atom is 0.308 e. The smallest absolute Gasteiger partial charge is 0.308 e. The Balaban J connectivity index is 1.86. The van der Waals surface area contributed by atoms with Gasteiger partial charge in [-0.25, -0.2) is 18.2 Å². The average Bonchev–Trinajstić information content (AvgIpc) is 3.40. The van der Waals surface area contributed by atoms with Crippen molar-refractivity contribution in [3.05, 3.63) is 29.3 Å². The fourth-order valence-electron chi connectivity index (χ4n) is 4.93. The summed E-state index contributed by atoms with van der Waals surface area (Å²) in [5.41, 5.74) is 7.42. The minimum Gasteiger partial charge on any atom is -0.493 e. The quantitative estimate of drug-likeness (QED) is 0.253. The van der Waals surface area contributed by atoms with Crippen LogP contribution in [0.25, 0.3) is 0 Å². The number of carbonyl (C=O) groups excluding carboxylic acids is 1. The summed E-state index contributed by atoms with van der Waals surface area (Å²) in [4.78, 5) is 32.7. The number of nitrogens with two attached hydrogens (primary N) is 1. The molecule has 3 rings (SSSR count). The molecule has 0 spiro atoms. The number of hydroxylamine groups is 2. The van der Waals surface area contributed by atoms with Gasteiger partial charge in [0.1, 0.15) is 12.5 Å². The lowest BCUT2D eigenvalue weighted by molar-refractivity contribution is -0.187. The number of benzene rings is 1. The number of sulfonamides is 1. The zero-order chi connectivity index (χ0) is 25.6. The normalized spacial score (nSPS) is 22.1. The number of fused-ring (bicyclic) bond motifs is 1. The van der Waals surface area contributed by atoms with E-state index in [-0.39, 0.29) is 38.1 Å². The number of hydrogen-bond donors (Lipinski definition) is 3. The van der Waals surface area contributed by atoms with Gasteiger partial charge >= 0.3 is 5.97 Å². The molecule has 11 nitrogen and oxygen atoms in total. The molecule has 0 aromatic heterocycles. The topological polar surface area (TPSA) is 152 Å². The monoisotopic (exact) mass is 512 g/mol. The fourth-order valence-corrected chi connectivity index (χ4v) is 5.41. The van der Waals surface area contributed by atoms with Crippen molar-refractivity contribution in [2.45, 2.75) is 44.6 Å². The molecule has 196 valence electrons. The van der Waals surface area contributed by atoms with E-state index in [1.807, 2.05) is 30.0 Å². The van der Waals surface area contributed by atoms with E-state index in [2.05, 4.69) is 4.72 Å². The number of carboxylic acids is 1. The number of unbranched alkanes of at least 4 members (excludes halogenated alkanes) is 1. The van der Waals surface area contributed by atoms with Gasteiger partial charge < -0.3 is 15.6 Å². The molecule has 0 aliphatic carbocycles. The first-order valence-electron chi connectivity index (χ1n) is 11.9. The molecule has 4 N–H and O–H groups in total. The van der Waals surface area contributed by atoms with Crippen LogP contribution in [0.15, 0.2) is 18.2 Å². The molecular weight excluding hydrogens is 476 g/mol. The van der Waals surface area contributed by atoms with Crippen LogP contribution in [0.5, 0.6) is 5.75 Å². The summed E-state index contributed by atoms with van der Waals surface area (Å²) in [7, 11) is -3.44. The molecule has 3 atom stereocenters. The number of aliphatic carboxylic acids is 1. The van der Waals surface area contributed by atoms with Crippen molar-refractivity contribution in [2.24, 2.45) is 11.7 Å². The van der Waals surface area contributed by atoms with Gasteiger partial charge in [0.05, 0.1) is 25.3 Å². The fraction of sp³-hybridized carbons (Fsp3) is 0.652. The van der Waals surface area contributed by atoms with Crippen molar-refractivity contribution in [1.82, 2.24) is 14.7 Å². The predicted molar refractivity (Wildman–Crippen MR) is 129 cm³/mol. The molecule has 2 aliphatic heterocycles. The van der Waals surface area contributed by atoms with E-state index in [4.69, 9.17) is 15.3 Å². The molecule has 2 heterocycles. The van der Waals surface area contributed by atoms with E-state index < -0.39 is 28.0 Å². The van der Waals surface area contributed by atoms with Gasteiger partial charge in [0.25, 0.3) is 5.91 Å². The number of rotatable bonds is 13. The van der Waals surface area contributed by atoms with Gasteiger partial charge in [0.2, 0.25) is 10.0 Å². The van der Waals surface area contributed by atoms with Crippen molar-refractivity contribution in [3.63, 3.8) is 0 Å². The largest absolute Gasteiger partial charge is 0.493 e. The van der Waals surface area contributed by atoms with Crippen molar-refractivity contribution >= 4 is 21.9 Å². The van der Waals surface area contributed by atoms with Crippen LogP contribution in [0.1, 0.15) is 43.2 Å². The minimum atomic E-state index is -3.44. The lowest BCUT2D eigenvalue weighted by Crippen LogP contribution is -2.45. The Labute approximate surface area is 206 Å². The maximum absolute atomic E-state index is 13.1.